The normalized spacial score (nSPS) is 19.8. The molecule has 2 N–H and O–H groups in total. The lowest BCUT2D eigenvalue weighted by molar-refractivity contribution is -0.274. The Kier molecular flexibility index (Phi) is 7.74. The van der Waals surface area contributed by atoms with Crippen molar-refractivity contribution in [3.63, 3.8) is 0 Å². The molecule has 0 aliphatic carbocycles. The minimum atomic E-state index is -4.84. The standard InChI is InChI=1S/C27H28F3N5O5S/c1-16-12-19(35-22(36)15-31-25(35)38)13-17(2)21(16)6-11-41(39)34-9-7-26(8-10-34)24(37)32-23(33-26)18-4-3-5-20(14-18)40-27(28,29)30/h3-5,12-14H,6-11,15H2,1-2H3,(H,31,38)(H,32,33,37). The predicted octanol–water partition coefficient (Wildman–Crippen LogP) is 2.88. The van der Waals surface area contributed by atoms with E-state index in [-0.39, 0.29) is 24.2 Å². The van der Waals surface area contributed by atoms with Crippen LogP contribution in [0.1, 0.15) is 35.1 Å². The van der Waals surface area contributed by atoms with Gasteiger partial charge in [-0.15, -0.1) is 17.5 Å². The highest BCUT2D eigenvalue weighted by atomic mass is 32.2. The molecule has 1 spiro atoms. The largest absolute Gasteiger partial charge is 0.598 e. The molecule has 3 aliphatic rings. The van der Waals surface area contributed by atoms with Crippen molar-refractivity contribution in [3.8, 4) is 5.75 Å². The number of piperidine rings is 1. The molecule has 218 valence electrons. The fraction of sp³-hybridized carbons (Fsp3) is 0.407. The van der Waals surface area contributed by atoms with E-state index in [0.717, 1.165) is 21.6 Å². The van der Waals surface area contributed by atoms with Gasteiger partial charge in [-0.3, -0.25) is 14.6 Å². The van der Waals surface area contributed by atoms with Crippen LogP contribution in [0.4, 0.5) is 23.7 Å². The lowest BCUT2D eigenvalue weighted by Gasteiger charge is -2.35. The van der Waals surface area contributed by atoms with E-state index in [1.54, 1.807) is 22.5 Å². The summed E-state index contributed by atoms with van der Waals surface area (Å²) in [6, 6.07) is 8.37. The third kappa shape index (κ3) is 6.04. The van der Waals surface area contributed by atoms with E-state index in [2.05, 4.69) is 20.4 Å². The van der Waals surface area contributed by atoms with Crippen molar-refractivity contribution < 1.29 is 36.8 Å². The summed E-state index contributed by atoms with van der Waals surface area (Å²) in [6.45, 7) is 4.45. The maximum atomic E-state index is 13.2. The first-order valence-electron chi connectivity index (χ1n) is 13.0. The summed E-state index contributed by atoms with van der Waals surface area (Å²) in [5.74, 6) is -0.532. The summed E-state index contributed by atoms with van der Waals surface area (Å²) in [6.07, 6.45) is -3.70. The summed E-state index contributed by atoms with van der Waals surface area (Å²) in [5, 5.41) is 5.19. The van der Waals surface area contributed by atoms with Crippen LogP contribution in [0.3, 0.4) is 0 Å². The van der Waals surface area contributed by atoms with Crippen LogP contribution in [0.15, 0.2) is 41.4 Å². The number of rotatable bonds is 7. The van der Waals surface area contributed by atoms with E-state index in [1.807, 2.05) is 13.8 Å². The number of halogens is 3. The van der Waals surface area contributed by atoms with Gasteiger partial charge in [0.2, 0.25) is 0 Å². The van der Waals surface area contributed by atoms with Gasteiger partial charge in [-0.25, -0.2) is 9.69 Å². The van der Waals surface area contributed by atoms with Gasteiger partial charge >= 0.3 is 12.4 Å². The summed E-state index contributed by atoms with van der Waals surface area (Å²) >= 11 is -1.33. The molecule has 0 aromatic heterocycles. The SMILES string of the molecule is Cc1cc(N2C(=O)CNC2=O)cc(C)c1CC[S+]([O-])N1CCC2(CC1)N=C(c1cccc(OC(F)(F)F)c1)NC2=O. The van der Waals surface area contributed by atoms with Crippen molar-refractivity contribution >= 4 is 40.7 Å². The molecular weight excluding hydrogens is 563 g/mol. The number of alkyl halides is 3. The molecule has 5 rings (SSSR count). The number of aliphatic imine (C=N–C) groups is 1. The van der Waals surface area contributed by atoms with Gasteiger partial charge in [0.25, 0.3) is 11.8 Å². The molecule has 14 heteroatoms. The first-order chi connectivity index (χ1) is 19.3. The Labute approximate surface area is 237 Å². The summed E-state index contributed by atoms with van der Waals surface area (Å²) in [5.41, 5.74) is 2.49. The van der Waals surface area contributed by atoms with E-state index >= 15 is 0 Å². The molecule has 4 amide bonds. The second-order valence-electron chi connectivity index (χ2n) is 10.2. The fourth-order valence-corrected chi connectivity index (χ4v) is 6.62. The number of imide groups is 1. The number of amidine groups is 1. The van der Waals surface area contributed by atoms with Crippen LogP contribution < -0.4 is 20.3 Å². The number of nitrogens with one attached hydrogen (secondary N) is 2. The number of nitrogens with zero attached hydrogens (tertiary/aromatic N) is 3. The number of carbonyl (C=O) groups excluding carboxylic acids is 3. The van der Waals surface area contributed by atoms with Crippen LogP contribution in [0, 0.1) is 13.8 Å². The highest BCUT2D eigenvalue weighted by Gasteiger charge is 2.47. The zero-order valence-corrected chi connectivity index (χ0v) is 23.2. The van der Waals surface area contributed by atoms with Gasteiger partial charge in [-0.05, 0) is 67.6 Å². The van der Waals surface area contributed by atoms with Crippen molar-refractivity contribution in [2.45, 2.75) is 45.0 Å². The van der Waals surface area contributed by atoms with Gasteiger partial charge in [0.1, 0.15) is 22.9 Å². The zero-order chi connectivity index (χ0) is 29.5. The Hall–Kier alpha value is -3.62. The smallest absolute Gasteiger partial charge is 0.573 e. The second kappa shape index (κ2) is 11.0. The van der Waals surface area contributed by atoms with Gasteiger partial charge in [-0.1, -0.05) is 12.1 Å². The van der Waals surface area contributed by atoms with Crippen LogP contribution in [0.25, 0.3) is 0 Å². The Bertz CT molecular complexity index is 1390. The first kappa shape index (κ1) is 28.9. The van der Waals surface area contributed by atoms with E-state index in [4.69, 9.17) is 0 Å². The van der Waals surface area contributed by atoms with Crippen molar-refractivity contribution in [1.82, 2.24) is 14.9 Å². The highest BCUT2D eigenvalue weighted by molar-refractivity contribution is 7.89. The number of hydrogen-bond donors (Lipinski definition) is 2. The van der Waals surface area contributed by atoms with E-state index in [1.165, 1.54) is 18.2 Å². The molecule has 41 heavy (non-hydrogen) atoms. The number of hydrogen-bond acceptors (Lipinski definition) is 7. The molecule has 1 unspecified atom stereocenters. The molecule has 2 aromatic rings. The predicted molar refractivity (Wildman–Crippen MR) is 145 cm³/mol. The Balaban J connectivity index is 1.20. The van der Waals surface area contributed by atoms with Crippen LogP contribution in [0.5, 0.6) is 5.75 Å². The minimum absolute atomic E-state index is 0.0346. The van der Waals surface area contributed by atoms with Gasteiger partial charge < -0.3 is 19.9 Å². The lowest BCUT2D eigenvalue weighted by Crippen LogP contribution is -2.50. The molecule has 1 atom stereocenters. The van der Waals surface area contributed by atoms with Crippen molar-refractivity contribution in [1.29, 1.82) is 0 Å². The fourth-order valence-electron chi connectivity index (χ4n) is 5.39. The highest BCUT2D eigenvalue weighted by Crippen LogP contribution is 2.33. The lowest BCUT2D eigenvalue weighted by atomic mass is 9.89. The van der Waals surface area contributed by atoms with Gasteiger partial charge in [-0.2, -0.15) is 0 Å². The summed E-state index contributed by atoms with van der Waals surface area (Å²) in [7, 11) is 0. The number of benzene rings is 2. The van der Waals surface area contributed by atoms with Gasteiger partial charge in [0.05, 0.1) is 12.2 Å². The van der Waals surface area contributed by atoms with Crippen molar-refractivity contribution in [2.75, 3.05) is 30.3 Å². The number of amides is 4. The van der Waals surface area contributed by atoms with E-state index in [9.17, 15) is 32.1 Å². The topological polar surface area (TPSA) is 126 Å². The molecule has 3 heterocycles. The van der Waals surface area contributed by atoms with Crippen molar-refractivity contribution in [2.24, 2.45) is 4.99 Å². The number of urea groups is 1. The number of carbonyl (C=O) groups is 3. The molecule has 10 nitrogen and oxygen atoms in total. The van der Waals surface area contributed by atoms with Crippen LogP contribution in [-0.4, -0.2) is 69.8 Å². The molecule has 0 radical (unpaired) electrons. The number of anilines is 1. The maximum absolute atomic E-state index is 13.2. The molecule has 2 saturated heterocycles. The molecule has 3 aliphatic heterocycles. The second-order valence-corrected chi connectivity index (χ2v) is 11.7. The third-order valence-electron chi connectivity index (χ3n) is 7.47. The number of aryl methyl sites for hydroxylation is 2. The van der Waals surface area contributed by atoms with E-state index < -0.39 is 35.0 Å². The summed E-state index contributed by atoms with van der Waals surface area (Å²) < 4.78 is 56.8. The molecular formula is C27H28F3N5O5S. The average molecular weight is 592 g/mol. The molecule has 2 aromatic carbocycles. The van der Waals surface area contributed by atoms with E-state index in [0.29, 0.717) is 49.4 Å². The average Bonchev–Trinajstić information content (AvgIpc) is 3.40. The summed E-state index contributed by atoms with van der Waals surface area (Å²) in [4.78, 5) is 42.7. The molecule has 2 fully saturated rings. The molecule has 0 saturated carbocycles. The minimum Gasteiger partial charge on any atom is -0.598 e. The van der Waals surface area contributed by atoms with Crippen LogP contribution >= 0.6 is 0 Å². The Morgan fingerprint density at radius 1 is 1.10 bits per heavy atom. The van der Waals surface area contributed by atoms with Crippen molar-refractivity contribution in [3.05, 3.63) is 58.7 Å². The van der Waals surface area contributed by atoms with Crippen LogP contribution in [-0.2, 0) is 27.4 Å². The molecule has 0 bridgehead atoms. The Morgan fingerprint density at radius 2 is 1.78 bits per heavy atom. The number of ether oxygens (including phenoxy) is 1. The van der Waals surface area contributed by atoms with Gasteiger partial charge in [0.15, 0.2) is 0 Å². The zero-order valence-electron chi connectivity index (χ0n) is 22.3. The van der Waals surface area contributed by atoms with Crippen LogP contribution in [0.2, 0.25) is 0 Å². The van der Waals surface area contributed by atoms with Gasteiger partial charge in [0, 0.05) is 36.4 Å². The maximum Gasteiger partial charge on any atom is 0.573 e. The monoisotopic (exact) mass is 591 g/mol. The first-order valence-corrected chi connectivity index (χ1v) is 14.2. The Morgan fingerprint density at radius 3 is 2.39 bits per heavy atom. The third-order valence-corrected chi connectivity index (χ3v) is 8.96. The quantitative estimate of drug-likeness (QED) is 0.377.